The normalized spacial score (nSPS) is 23.0. The molecule has 7 heterocycles. The van der Waals surface area contributed by atoms with Gasteiger partial charge in [0, 0.05) is 56.4 Å². The van der Waals surface area contributed by atoms with Crippen molar-refractivity contribution < 1.29 is 37.3 Å². The monoisotopic (exact) mass is 844 g/mol. The number of hydrogen-bond donors (Lipinski definition) is 1. The lowest BCUT2D eigenvalue weighted by molar-refractivity contribution is 0.0512. The van der Waals surface area contributed by atoms with E-state index >= 15 is 8.78 Å². The standard InChI is InChI=1S/C45H55F3N6O5Si/c1-26(2)60(27(3)4,28(5)6)16-13-34-37(47)12-9-29-17-33(59-25-57-7)18-35(38(29)34)40-39(48)41-36(20-49-40)42(53-22-32-11-10-31(53)23-54(32)44(55)56)51-43(50-41)58-24-45-14-8-15-52(45)21-30(46)19-45/h9,12,17-18,20,26-28,30-32H,8,10-11,14-15,19,21-25H2,1-7H3,(H,55,56)/t30-,31?,32?,45+/m1/s1. The molecule has 5 fully saturated rings. The zero-order chi connectivity index (χ0) is 42.7. The van der Waals surface area contributed by atoms with E-state index in [4.69, 9.17) is 29.2 Å². The van der Waals surface area contributed by atoms with Gasteiger partial charge in [-0.25, -0.2) is 18.0 Å². The predicted octanol–water partition coefficient (Wildman–Crippen LogP) is 8.96. The molecular weight excluding hydrogens is 790 g/mol. The molecule has 2 unspecified atom stereocenters. The fourth-order valence-corrected chi connectivity index (χ4v) is 16.2. The molecule has 2 bridgehead atoms. The molecule has 0 spiro atoms. The van der Waals surface area contributed by atoms with Gasteiger partial charge in [0.1, 0.15) is 49.4 Å². The molecule has 2 aromatic heterocycles. The summed E-state index contributed by atoms with van der Waals surface area (Å²) in [5.41, 5.74) is 4.33. The Balaban J connectivity index is 1.32. The molecular formula is C45H55F3N6O5Si. The van der Waals surface area contributed by atoms with Crippen LogP contribution in [0.15, 0.2) is 30.5 Å². The molecule has 4 atom stereocenters. The lowest BCUT2D eigenvalue weighted by atomic mass is 9.91. The van der Waals surface area contributed by atoms with Crippen LogP contribution in [0.4, 0.5) is 23.8 Å². The second-order valence-corrected chi connectivity index (χ2v) is 23.6. The quantitative estimate of drug-likeness (QED) is 0.0892. The van der Waals surface area contributed by atoms with Crippen molar-refractivity contribution in [2.75, 3.05) is 51.6 Å². The van der Waals surface area contributed by atoms with Crippen molar-refractivity contribution in [3.63, 3.8) is 0 Å². The first-order valence-electron chi connectivity index (χ1n) is 21.2. The Morgan fingerprint density at radius 2 is 1.77 bits per heavy atom. The largest absolute Gasteiger partial charge is 0.468 e. The van der Waals surface area contributed by atoms with Crippen molar-refractivity contribution >= 4 is 41.7 Å². The van der Waals surface area contributed by atoms with Crippen LogP contribution in [0.1, 0.15) is 79.2 Å². The number of rotatable bonds is 11. The number of fused-ring (bicyclic) bond motifs is 6. The number of benzene rings is 2. The molecule has 2 aromatic carbocycles. The van der Waals surface area contributed by atoms with E-state index < -0.39 is 37.5 Å². The lowest BCUT2D eigenvalue weighted by Crippen LogP contribution is -2.64. The zero-order valence-corrected chi connectivity index (χ0v) is 36.5. The second-order valence-electron chi connectivity index (χ2n) is 18.0. The molecule has 4 aromatic rings. The molecule has 0 aliphatic carbocycles. The van der Waals surface area contributed by atoms with Crippen LogP contribution in [0.2, 0.25) is 16.6 Å². The first-order valence-corrected chi connectivity index (χ1v) is 23.5. The lowest BCUT2D eigenvalue weighted by Gasteiger charge is -2.51. The van der Waals surface area contributed by atoms with Crippen molar-refractivity contribution in [2.45, 2.75) is 114 Å². The van der Waals surface area contributed by atoms with Crippen molar-refractivity contribution in [1.29, 1.82) is 0 Å². The summed E-state index contributed by atoms with van der Waals surface area (Å²) in [7, 11) is -0.822. The highest BCUT2D eigenvalue weighted by Crippen LogP contribution is 2.44. The summed E-state index contributed by atoms with van der Waals surface area (Å²) in [6.45, 7) is 15.0. The smallest absolute Gasteiger partial charge is 0.407 e. The summed E-state index contributed by atoms with van der Waals surface area (Å²) >= 11 is 0. The van der Waals surface area contributed by atoms with Crippen LogP contribution in [0.25, 0.3) is 32.9 Å². The van der Waals surface area contributed by atoms with Crippen LogP contribution in [0.5, 0.6) is 11.8 Å². The third-order valence-electron chi connectivity index (χ3n) is 13.8. The van der Waals surface area contributed by atoms with E-state index in [1.165, 1.54) is 24.3 Å². The molecule has 60 heavy (non-hydrogen) atoms. The maximum Gasteiger partial charge on any atom is 0.407 e. The van der Waals surface area contributed by atoms with E-state index in [-0.39, 0.29) is 60.4 Å². The van der Waals surface area contributed by atoms with Gasteiger partial charge < -0.3 is 29.1 Å². The number of ether oxygens (including phenoxy) is 3. The van der Waals surface area contributed by atoms with Crippen LogP contribution < -0.4 is 14.4 Å². The number of carbonyl (C=O) groups is 1. The van der Waals surface area contributed by atoms with E-state index in [1.54, 1.807) is 18.2 Å². The number of carboxylic acid groups (broad SMARTS) is 1. The highest BCUT2D eigenvalue weighted by atomic mass is 28.3. The van der Waals surface area contributed by atoms with Crippen LogP contribution in [-0.2, 0) is 4.74 Å². The zero-order valence-electron chi connectivity index (χ0n) is 35.5. The Bertz CT molecular complexity index is 2350. The van der Waals surface area contributed by atoms with Gasteiger partial charge in [0.05, 0.1) is 22.5 Å². The van der Waals surface area contributed by atoms with Gasteiger partial charge in [0.15, 0.2) is 12.6 Å². The molecule has 1 amide bonds. The number of nitrogens with zero attached hydrogens (tertiary/aromatic N) is 6. The maximum atomic E-state index is 17.7. The van der Waals surface area contributed by atoms with Crippen LogP contribution in [0, 0.1) is 23.1 Å². The number of hydrogen-bond acceptors (Lipinski definition) is 9. The van der Waals surface area contributed by atoms with E-state index in [0.29, 0.717) is 70.3 Å². The minimum absolute atomic E-state index is 0.0571. The highest BCUT2D eigenvalue weighted by molar-refractivity contribution is 6.90. The minimum Gasteiger partial charge on any atom is -0.468 e. The number of halogens is 3. The second kappa shape index (κ2) is 16.3. The summed E-state index contributed by atoms with van der Waals surface area (Å²) in [5, 5.41) is 11.2. The minimum atomic E-state index is -2.32. The van der Waals surface area contributed by atoms with Crippen LogP contribution in [0.3, 0.4) is 0 Å². The number of pyridine rings is 1. The summed E-state index contributed by atoms with van der Waals surface area (Å²) < 4.78 is 66.2. The molecule has 5 aliphatic heterocycles. The Morgan fingerprint density at radius 1 is 1.02 bits per heavy atom. The van der Waals surface area contributed by atoms with Gasteiger partial charge in [0.2, 0.25) is 0 Å². The Morgan fingerprint density at radius 3 is 2.45 bits per heavy atom. The molecule has 1 N–H and O–H groups in total. The third-order valence-corrected chi connectivity index (χ3v) is 20.1. The number of piperazine rings is 1. The number of alkyl halides is 1. The van der Waals surface area contributed by atoms with E-state index in [1.807, 2.05) is 4.90 Å². The SMILES string of the molecule is COCOc1cc(-c2ncc3c(N4CC5CCC4CN5C(=O)O)nc(OC[C@@]45CCCN4C[C@H](F)C5)nc3c2F)c2c(C#C[Si](C(C)C)(C(C)C)C(C)C)c(F)ccc2c1. The Labute approximate surface area is 350 Å². The summed E-state index contributed by atoms with van der Waals surface area (Å²) in [6.07, 6.45) is 3.03. The van der Waals surface area contributed by atoms with E-state index in [9.17, 15) is 14.3 Å². The average Bonchev–Trinajstić information content (AvgIpc) is 3.75. The number of piperidine rings is 2. The average molecular weight is 845 g/mol. The van der Waals surface area contributed by atoms with Gasteiger partial charge >= 0.3 is 12.1 Å². The fourth-order valence-electron chi connectivity index (χ4n) is 11.0. The first-order chi connectivity index (χ1) is 28.7. The van der Waals surface area contributed by atoms with Crippen molar-refractivity contribution in [3.05, 3.63) is 47.7 Å². The van der Waals surface area contributed by atoms with E-state index in [2.05, 4.69) is 57.9 Å². The van der Waals surface area contributed by atoms with Crippen LogP contribution in [-0.4, -0.2) is 115 Å². The topological polar surface area (TPSA) is 113 Å². The van der Waals surface area contributed by atoms with Gasteiger partial charge in [-0.1, -0.05) is 53.5 Å². The summed E-state index contributed by atoms with van der Waals surface area (Å²) in [6, 6.07) is 5.85. The maximum absolute atomic E-state index is 17.7. The van der Waals surface area contributed by atoms with Crippen molar-refractivity contribution in [1.82, 2.24) is 24.8 Å². The predicted molar refractivity (Wildman–Crippen MR) is 228 cm³/mol. The van der Waals surface area contributed by atoms with Crippen molar-refractivity contribution in [2.24, 2.45) is 0 Å². The van der Waals surface area contributed by atoms with Gasteiger partial charge in [-0.15, -0.1) is 5.54 Å². The molecule has 0 saturated carbocycles. The molecule has 11 nitrogen and oxygen atoms in total. The number of aromatic nitrogens is 3. The van der Waals surface area contributed by atoms with Gasteiger partial charge in [0.25, 0.3) is 0 Å². The summed E-state index contributed by atoms with van der Waals surface area (Å²) in [5.74, 6) is 2.77. The number of methoxy groups -OCH3 is 1. The van der Waals surface area contributed by atoms with Gasteiger partial charge in [-0.05, 0) is 72.4 Å². The Hall–Kier alpha value is -4.65. The molecule has 320 valence electrons. The Kier molecular flexibility index (Phi) is 11.4. The highest BCUT2D eigenvalue weighted by Gasteiger charge is 2.50. The fraction of sp³-hybridized carbons (Fsp3) is 0.556. The molecule has 5 saturated heterocycles. The summed E-state index contributed by atoms with van der Waals surface area (Å²) in [4.78, 5) is 32.0. The van der Waals surface area contributed by atoms with Crippen LogP contribution >= 0.6 is 0 Å². The molecule has 15 heteroatoms. The van der Waals surface area contributed by atoms with E-state index in [0.717, 1.165) is 25.8 Å². The molecule has 9 rings (SSSR count). The third kappa shape index (κ3) is 7.21. The first kappa shape index (κ1) is 42.1. The van der Waals surface area contributed by atoms with Crippen molar-refractivity contribution in [3.8, 4) is 34.5 Å². The molecule has 5 aliphatic rings. The van der Waals surface area contributed by atoms with Gasteiger partial charge in [-0.3, -0.25) is 9.88 Å². The molecule has 0 radical (unpaired) electrons. The van der Waals surface area contributed by atoms with Gasteiger partial charge in [-0.2, -0.15) is 9.97 Å². The number of anilines is 1. The number of amides is 1.